The van der Waals surface area contributed by atoms with Crippen molar-refractivity contribution in [3.05, 3.63) is 29.0 Å². The van der Waals surface area contributed by atoms with Gasteiger partial charge in [0, 0.05) is 12.3 Å². The van der Waals surface area contributed by atoms with Gasteiger partial charge in [-0.1, -0.05) is 11.6 Å². The van der Waals surface area contributed by atoms with Crippen LogP contribution in [0.3, 0.4) is 0 Å². The molecule has 1 N–H and O–H groups in total. The van der Waals surface area contributed by atoms with Gasteiger partial charge in [-0.2, -0.15) is 0 Å². The Hall–Kier alpha value is -1.17. The lowest BCUT2D eigenvalue weighted by Crippen LogP contribution is -2.30. The summed E-state index contributed by atoms with van der Waals surface area (Å²) in [5.74, 6) is -0.821. The Morgan fingerprint density at radius 3 is 3.10 bits per heavy atom. The van der Waals surface area contributed by atoms with Gasteiger partial charge in [0.1, 0.15) is 11.9 Å². The molecule has 1 saturated heterocycles. The smallest absolute Gasteiger partial charge is 0.253 e. The van der Waals surface area contributed by atoms with Gasteiger partial charge in [-0.15, -0.1) is 0 Å². The summed E-state index contributed by atoms with van der Waals surface area (Å²) in [6.45, 7) is 2.82. The molecular formula is C14H17ClFNO3. The molecule has 0 unspecified atom stereocenters. The van der Waals surface area contributed by atoms with Crippen LogP contribution < -0.4 is 5.32 Å². The van der Waals surface area contributed by atoms with Gasteiger partial charge in [-0.05, 0) is 38.0 Å². The van der Waals surface area contributed by atoms with Crippen molar-refractivity contribution in [2.24, 2.45) is 0 Å². The number of hydrogen-bond donors (Lipinski definition) is 1. The number of rotatable bonds is 5. The van der Waals surface area contributed by atoms with Crippen molar-refractivity contribution in [2.45, 2.75) is 32.0 Å². The van der Waals surface area contributed by atoms with Crippen molar-refractivity contribution >= 4 is 23.2 Å². The van der Waals surface area contributed by atoms with Crippen molar-refractivity contribution in [1.29, 1.82) is 0 Å². The average molecular weight is 302 g/mol. The number of halogens is 2. The largest absolute Gasteiger partial charge is 0.376 e. The second-order valence-electron chi connectivity index (χ2n) is 4.73. The summed E-state index contributed by atoms with van der Waals surface area (Å²) in [6.07, 6.45) is 1.46. The molecule has 2 rings (SSSR count). The maximum atomic E-state index is 13.0. The molecule has 0 saturated carbocycles. The van der Waals surface area contributed by atoms with Gasteiger partial charge in [-0.25, -0.2) is 4.39 Å². The van der Waals surface area contributed by atoms with Crippen LogP contribution in [0.4, 0.5) is 10.1 Å². The Kier molecular flexibility index (Phi) is 5.34. The van der Waals surface area contributed by atoms with E-state index in [9.17, 15) is 9.18 Å². The SMILES string of the molecule is C[C@@H](OC[C@@H]1CCCO1)C(=O)Nc1ccc(F)c(Cl)c1. The molecule has 0 spiro atoms. The number of ether oxygens (including phenoxy) is 2. The number of benzene rings is 1. The summed E-state index contributed by atoms with van der Waals surface area (Å²) in [7, 11) is 0. The average Bonchev–Trinajstić information content (AvgIpc) is 2.93. The van der Waals surface area contributed by atoms with Gasteiger partial charge in [0.15, 0.2) is 0 Å². The first kappa shape index (κ1) is 15.2. The van der Waals surface area contributed by atoms with E-state index in [1.807, 2.05) is 0 Å². The van der Waals surface area contributed by atoms with Gasteiger partial charge in [0.25, 0.3) is 5.91 Å². The summed E-state index contributed by atoms with van der Waals surface area (Å²) >= 11 is 5.65. The minimum atomic E-state index is -0.608. The molecule has 0 aliphatic carbocycles. The van der Waals surface area contributed by atoms with Crippen LogP contribution in [0.1, 0.15) is 19.8 Å². The maximum absolute atomic E-state index is 13.0. The van der Waals surface area contributed by atoms with E-state index in [1.54, 1.807) is 6.92 Å². The second kappa shape index (κ2) is 7.02. The first-order chi connectivity index (χ1) is 9.56. The summed E-state index contributed by atoms with van der Waals surface area (Å²) < 4.78 is 23.9. The molecule has 1 fully saturated rings. The van der Waals surface area contributed by atoms with Gasteiger partial charge in [-0.3, -0.25) is 4.79 Å². The fourth-order valence-corrected chi connectivity index (χ4v) is 2.10. The standard InChI is InChI=1S/C14H17ClFNO3/c1-9(20-8-11-3-2-6-19-11)14(18)17-10-4-5-13(16)12(15)7-10/h4-5,7,9,11H,2-3,6,8H2,1H3,(H,17,18)/t9-,11+/m1/s1. The lowest BCUT2D eigenvalue weighted by molar-refractivity contribution is -0.128. The Balaban J connectivity index is 1.81. The van der Waals surface area contributed by atoms with Crippen molar-refractivity contribution in [1.82, 2.24) is 0 Å². The molecule has 4 nitrogen and oxygen atoms in total. The molecule has 1 aromatic carbocycles. The monoisotopic (exact) mass is 301 g/mol. The highest BCUT2D eigenvalue weighted by Gasteiger charge is 2.20. The first-order valence-corrected chi connectivity index (χ1v) is 6.93. The number of nitrogens with one attached hydrogen (secondary N) is 1. The van der Waals surface area contributed by atoms with Crippen LogP contribution in [0, 0.1) is 5.82 Å². The van der Waals surface area contributed by atoms with E-state index < -0.39 is 11.9 Å². The van der Waals surface area contributed by atoms with Crippen molar-refractivity contribution in [3.63, 3.8) is 0 Å². The van der Waals surface area contributed by atoms with E-state index in [4.69, 9.17) is 21.1 Å². The molecule has 0 radical (unpaired) electrons. The Bertz CT molecular complexity index is 477. The maximum Gasteiger partial charge on any atom is 0.253 e. The fourth-order valence-electron chi connectivity index (χ4n) is 1.92. The number of anilines is 1. The summed E-state index contributed by atoms with van der Waals surface area (Å²) in [4.78, 5) is 11.9. The highest BCUT2D eigenvalue weighted by atomic mass is 35.5. The van der Waals surface area contributed by atoms with Crippen LogP contribution in [-0.2, 0) is 14.3 Å². The van der Waals surface area contributed by atoms with E-state index in [-0.39, 0.29) is 17.0 Å². The lowest BCUT2D eigenvalue weighted by Gasteiger charge is -2.16. The van der Waals surface area contributed by atoms with E-state index >= 15 is 0 Å². The highest BCUT2D eigenvalue weighted by molar-refractivity contribution is 6.31. The molecule has 1 heterocycles. The van der Waals surface area contributed by atoms with Crippen molar-refractivity contribution in [3.8, 4) is 0 Å². The summed E-state index contributed by atoms with van der Waals surface area (Å²) in [5.41, 5.74) is 0.439. The zero-order valence-electron chi connectivity index (χ0n) is 11.2. The quantitative estimate of drug-likeness (QED) is 0.909. The lowest BCUT2D eigenvalue weighted by atomic mass is 10.2. The van der Waals surface area contributed by atoms with Gasteiger partial charge in [0.2, 0.25) is 0 Å². The molecular weight excluding hydrogens is 285 g/mol. The Morgan fingerprint density at radius 2 is 2.45 bits per heavy atom. The second-order valence-corrected chi connectivity index (χ2v) is 5.14. The third kappa shape index (κ3) is 4.16. The molecule has 6 heteroatoms. The molecule has 0 aromatic heterocycles. The summed E-state index contributed by atoms with van der Waals surface area (Å²) in [5, 5.41) is 2.60. The molecule has 1 aliphatic heterocycles. The highest BCUT2D eigenvalue weighted by Crippen LogP contribution is 2.19. The fraction of sp³-hybridized carbons (Fsp3) is 0.500. The Labute approximate surface area is 122 Å². The zero-order valence-corrected chi connectivity index (χ0v) is 12.0. The van der Waals surface area contributed by atoms with Crippen LogP contribution in [0.15, 0.2) is 18.2 Å². The number of carbonyl (C=O) groups excluding carboxylic acids is 1. The molecule has 1 aliphatic rings. The molecule has 110 valence electrons. The molecule has 20 heavy (non-hydrogen) atoms. The zero-order chi connectivity index (χ0) is 14.5. The van der Waals surface area contributed by atoms with E-state index in [1.165, 1.54) is 18.2 Å². The third-order valence-electron chi connectivity index (χ3n) is 3.11. The van der Waals surface area contributed by atoms with Crippen LogP contribution >= 0.6 is 11.6 Å². The van der Waals surface area contributed by atoms with Gasteiger partial charge >= 0.3 is 0 Å². The summed E-state index contributed by atoms with van der Waals surface area (Å²) in [6, 6.07) is 4.02. The predicted octanol–water partition coefficient (Wildman–Crippen LogP) is 3.00. The number of carbonyl (C=O) groups is 1. The van der Waals surface area contributed by atoms with E-state index in [0.717, 1.165) is 19.4 Å². The van der Waals surface area contributed by atoms with Crippen molar-refractivity contribution < 1.29 is 18.7 Å². The minimum absolute atomic E-state index is 0.0317. The van der Waals surface area contributed by atoms with Crippen LogP contribution in [0.25, 0.3) is 0 Å². The van der Waals surface area contributed by atoms with E-state index in [0.29, 0.717) is 12.3 Å². The minimum Gasteiger partial charge on any atom is -0.376 e. The van der Waals surface area contributed by atoms with Gasteiger partial charge in [0.05, 0.1) is 17.7 Å². The van der Waals surface area contributed by atoms with Crippen molar-refractivity contribution in [2.75, 3.05) is 18.5 Å². The molecule has 1 aromatic rings. The topological polar surface area (TPSA) is 47.6 Å². The molecule has 2 atom stereocenters. The third-order valence-corrected chi connectivity index (χ3v) is 3.40. The number of hydrogen-bond acceptors (Lipinski definition) is 3. The molecule has 1 amide bonds. The van der Waals surface area contributed by atoms with Crippen LogP contribution in [-0.4, -0.2) is 31.3 Å². The van der Waals surface area contributed by atoms with Crippen LogP contribution in [0.2, 0.25) is 5.02 Å². The predicted molar refractivity (Wildman–Crippen MR) is 74.4 cm³/mol. The first-order valence-electron chi connectivity index (χ1n) is 6.55. The molecule has 0 bridgehead atoms. The van der Waals surface area contributed by atoms with Gasteiger partial charge < -0.3 is 14.8 Å². The number of amides is 1. The van der Waals surface area contributed by atoms with E-state index in [2.05, 4.69) is 5.32 Å². The Morgan fingerprint density at radius 1 is 1.65 bits per heavy atom. The normalized spacial score (nSPS) is 19.9. The van der Waals surface area contributed by atoms with Crippen LogP contribution in [0.5, 0.6) is 0 Å².